The maximum absolute atomic E-state index is 13.2. The second-order valence-electron chi connectivity index (χ2n) is 9.59. The van der Waals surface area contributed by atoms with Crippen LogP contribution in [-0.2, 0) is 23.9 Å². The minimum atomic E-state index is -4.31. The van der Waals surface area contributed by atoms with Gasteiger partial charge in [0.05, 0.1) is 5.56 Å². The van der Waals surface area contributed by atoms with Gasteiger partial charge in [-0.1, -0.05) is 30.3 Å². The average Bonchev–Trinajstić information content (AvgIpc) is 3.28. The lowest BCUT2D eigenvalue weighted by molar-refractivity contribution is -0.137. The number of carbonyl (C=O) groups is 1. The van der Waals surface area contributed by atoms with Crippen LogP contribution in [0.3, 0.4) is 0 Å². The number of nitrogens with one attached hydrogen (secondary N) is 1. The molecule has 0 aromatic heterocycles. The molecule has 0 atom stereocenters. The third kappa shape index (κ3) is 5.05. The largest absolute Gasteiger partial charge is 0.416 e. The van der Waals surface area contributed by atoms with Crippen molar-refractivity contribution in [1.82, 2.24) is 15.1 Å². The van der Waals surface area contributed by atoms with Gasteiger partial charge in [0, 0.05) is 44.7 Å². The van der Waals surface area contributed by atoms with E-state index in [1.54, 1.807) is 12.1 Å². The van der Waals surface area contributed by atoms with Gasteiger partial charge in [-0.25, -0.2) is 0 Å². The van der Waals surface area contributed by atoms with E-state index in [9.17, 15) is 18.0 Å². The van der Waals surface area contributed by atoms with Gasteiger partial charge in [-0.2, -0.15) is 13.2 Å². The Morgan fingerprint density at radius 2 is 1.68 bits per heavy atom. The summed E-state index contributed by atoms with van der Waals surface area (Å²) < 4.78 is 38.3. The van der Waals surface area contributed by atoms with Crippen molar-refractivity contribution >= 4 is 12.0 Å². The maximum Gasteiger partial charge on any atom is 0.416 e. The number of fused-ring (bicyclic) bond motifs is 1. The topological polar surface area (TPSA) is 35.6 Å². The minimum Gasteiger partial charge on any atom is -0.336 e. The van der Waals surface area contributed by atoms with Crippen molar-refractivity contribution in [2.24, 2.45) is 0 Å². The number of nitrogens with zero attached hydrogens (tertiary/aromatic N) is 2. The molecular weight excluding hydrogens is 439 g/mol. The van der Waals surface area contributed by atoms with E-state index in [4.69, 9.17) is 0 Å². The molecule has 7 heteroatoms. The number of hydrogen-bond donors (Lipinski definition) is 1. The molecule has 1 aliphatic carbocycles. The van der Waals surface area contributed by atoms with Crippen LogP contribution in [0.25, 0.3) is 6.08 Å². The highest BCUT2D eigenvalue weighted by Crippen LogP contribution is 2.32. The zero-order valence-corrected chi connectivity index (χ0v) is 19.2. The Morgan fingerprint density at radius 3 is 2.35 bits per heavy atom. The van der Waals surface area contributed by atoms with Crippen molar-refractivity contribution in [3.05, 3.63) is 75.9 Å². The van der Waals surface area contributed by atoms with Gasteiger partial charge in [-0.3, -0.25) is 9.69 Å². The fourth-order valence-corrected chi connectivity index (χ4v) is 5.28. The highest BCUT2D eigenvalue weighted by atomic mass is 19.4. The van der Waals surface area contributed by atoms with Gasteiger partial charge in [0.1, 0.15) is 0 Å². The molecule has 1 amide bonds. The fraction of sp³-hybridized carbons (Fsp3) is 0.444. The molecule has 2 aromatic carbocycles. The van der Waals surface area contributed by atoms with Crippen LogP contribution >= 0.6 is 0 Å². The lowest BCUT2D eigenvalue weighted by Crippen LogP contribution is -2.48. The summed E-state index contributed by atoms with van der Waals surface area (Å²) in [4.78, 5) is 17.3. The van der Waals surface area contributed by atoms with Crippen LogP contribution in [0.1, 0.15) is 46.6 Å². The lowest BCUT2D eigenvalue weighted by Gasteiger charge is -2.35. The molecule has 2 heterocycles. The highest BCUT2D eigenvalue weighted by Gasteiger charge is 2.30. The molecule has 5 rings (SSSR count). The van der Waals surface area contributed by atoms with Crippen LogP contribution in [0.4, 0.5) is 13.2 Å². The predicted octanol–water partition coefficient (Wildman–Crippen LogP) is 4.46. The normalized spacial score (nSPS) is 19.7. The van der Waals surface area contributed by atoms with Gasteiger partial charge in [0.25, 0.3) is 0 Å². The van der Waals surface area contributed by atoms with E-state index in [1.165, 1.54) is 11.1 Å². The molecule has 2 aliphatic heterocycles. The first-order chi connectivity index (χ1) is 16.4. The molecule has 2 fully saturated rings. The number of rotatable bonds is 4. The van der Waals surface area contributed by atoms with Gasteiger partial charge in [0.15, 0.2) is 0 Å². The number of hydrogen-bond acceptors (Lipinski definition) is 3. The quantitative estimate of drug-likeness (QED) is 0.719. The molecule has 4 nitrogen and oxygen atoms in total. The zero-order valence-electron chi connectivity index (χ0n) is 19.2. The summed E-state index contributed by atoms with van der Waals surface area (Å²) in [6.45, 7) is 5.41. The Morgan fingerprint density at radius 1 is 0.971 bits per heavy atom. The van der Waals surface area contributed by atoms with E-state index in [2.05, 4.69) is 28.4 Å². The number of alkyl halides is 3. The predicted molar refractivity (Wildman–Crippen MR) is 126 cm³/mol. The molecule has 0 unspecified atom stereocenters. The Kier molecular flexibility index (Phi) is 6.49. The van der Waals surface area contributed by atoms with Crippen LogP contribution < -0.4 is 5.32 Å². The molecule has 3 aliphatic rings. The summed E-state index contributed by atoms with van der Waals surface area (Å²) in [6.07, 6.45) is 0.745. The highest BCUT2D eigenvalue weighted by molar-refractivity contribution is 6.00. The standard InChI is InChI=1S/C27H30F3N3O/c28-27(29,30)25-5-1-19(2-6-25)18-32-11-13-33(14-12-32)26(34)24-16-22-4-3-21(15-23(22)17-24)20-7-9-31-10-8-20/h1-6,15-16,20,31H,7-14,17-18H2. The summed E-state index contributed by atoms with van der Waals surface area (Å²) in [7, 11) is 0. The van der Waals surface area contributed by atoms with Gasteiger partial charge in [-0.05, 0) is 72.3 Å². The van der Waals surface area contributed by atoms with Crippen molar-refractivity contribution in [1.29, 1.82) is 0 Å². The van der Waals surface area contributed by atoms with E-state index in [0.717, 1.165) is 54.8 Å². The van der Waals surface area contributed by atoms with E-state index in [0.29, 0.717) is 45.1 Å². The Balaban J connectivity index is 1.14. The van der Waals surface area contributed by atoms with Crippen LogP contribution in [0.5, 0.6) is 0 Å². The van der Waals surface area contributed by atoms with E-state index < -0.39 is 11.7 Å². The lowest BCUT2D eigenvalue weighted by atomic mass is 9.88. The number of halogens is 3. The van der Waals surface area contributed by atoms with Crippen LogP contribution in [0.2, 0.25) is 0 Å². The fourth-order valence-electron chi connectivity index (χ4n) is 5.28. The number of benzene rings is 2. The van der Waals surface area contributed by atoms with Gasteiger partial charge >= 0.3 is 6.18 Å². The van der Waals surface area contributed by atoms with Crippen molar-refractivity contribution < 1.29 is 18.0 Å². The first-order valence-corrected chi connectivity index (χ1v) is 12.1. The Hall–Kier alpha value is -2.64. The molecule has 0 saturated carbocycles. The molecule has 180 valence electrons. The number of carbonyl (C=O) groups excluding carboxylic acids is 1. The van der Waals surface area contributed by atoms with Crippen molar-refractivity contribution in [3.8, 4) is 0 Å². The first kappa shape index (κ1) is 23.1. The number of amides is 1. The van der Waals surface area contributed by atoms with Gasteiger partial charge < -0.3 is 10.2 Å². The molecule has 2 saturated heterocycles. The third-order valence-electron chi connectivity index (χ3n) is 7.31. The maximum atomic E-state index is 13.2. The van der Waals surface area contributed by atoms with Crippen LogP contribution in [-0.4, -0.2) is 55.0 Å². The minimum absolute atomic E-state index is 0.105. The SMILES string of the molecule is O=C(C1=Cc2ccc(C3CCNCC3)cc2C1)N1CCN(Cc2ccc(C(F)(F)F)cc2)CC1. The molecule has 1 N–H and O–H groups in total. The van der Waals surface area contributed by atoms with Crippen molar-refractivity contribution in [3.63, 3.8) is 0 Å². The Labute approximate surface area is 198 Å². The Bertz CT molecular complexity index is 1060. The van der Waals surface area contributed by atoms with Crippen molar-refractivity contribution in [2.75, 3.05) is 39.3 Å². The molecule has 0 bridgehead atoms. The second-order valence-corrected chi connectivity index (χ2v) is 9.59. The van der Waals surface area contributed by atoms with Crippen molar-refractivity contribution in [2.45, 2.75) is 37.9 Å². The molecule has 2 aromatic rings. The van der Waals surface area contributed by atoms with E-state index in [-0.39, 0.29) is 5.91 Å². The first-order valence-electron chi connectivity index (χ1n) is 12.1. The van der Waals surface area contributed by atoms with Gasteiger partial charge in [0.2, 0.25) is 5.91 Å². The smallest absolute Gasteiger partial charge is 0.336 e. The summed E-state index contributed by atoms with van der Waals surface area (Å²) in [5.74, 6) is 0.706. The van der Waals surface area contributed by atoms with E-state index in [1.807, 2.05) is 11.0 Å². The molecular formula is C27H30F3N3O. The third-order valence-corrected chi connectivity index (χ3v) is 7.31. The summed E-state index contributed by atoms with van der Waals surface area (Å²) in [5.41, 5.74) is 4.88. The average molecular weight is 470 g/mol. The molecule has 34 heavy (non-hydrogen) atoms. The number of piperazine rings is 1. The molecule has 0 radical (unpaired) electrons. The summed E-state index contributed by atoms with van der Waals surface area (Å²) in [6, 6.07) is 12.0. The second kappa shape index (κ2) is 9.55. The molecule has 0 spiro atoms. The monoisotopic (exact) mass is 469 g/mol. The van der Waals surface area contributed by atoms with Crippen LogP contribution in [0, 0.1) is 0 Å². The van der Waals surface area contributed by atoms with Crippen LogP contribution in [0.15, 0.2) is 48.0 Å². The van der Waals surface area contributed by atoms with Gasteiger partial charge in [-0.15, -0.1) is 0 Å². The number of piperidine rings is 1. The van der Waals surface area contributed by atoms with E-state index >= 15 is 0 Å². The summed E-state index contributed by atoms with van der Waals surface area (Å²) >= 11 is 0. The zero-order chi connectivity index (χ0) is 23.7. The summed E-state index contributed by atoms with van der Waals surface area (Å²) in [5, 5.41) is 3.41.